The predicted octanol–water partition coefficient (Wildman–Crippen LogP) is -1.66. The number of nitrogens with zero attached hydrogens (tertiary/aromatic N) is 6. The highest BCUT2D eigenvalue weighted by atomic mass is 35.5. The minimum absolute atomic E-state index is 0.0947. The van der Waals surface area contributed by atoms with Crippen molar-refractivity contribution in [3.05, 3.63) is 5.28 Å². The van der Waals surface area contributed by atoms with Crippen molar-refractivity contribution in [1.29, 1.82) is 0 Å². The van der Waals surface area contributed by atoms with Gasteiger partial charge in [-0.15, -0.1) is 0 Å². The molecule has 0 saturated heterocycles. The van der Waals surface area contributed by atoms with Crippen LogP contribution in [-0.4, -0.2) is 44.0 Å². The van der Waals surface area contributed by atoms with E-state index < -0.39 is 0 Å². The third kappa shape index (κ3) is 5.83. The van der Waals surface area contributed by atoms with Crippen molar-refractivity contribution in [3.8, 4) is 0 Å². The Kier molecular flexibility index (Phi) is 7.34. The van der Waals surface area contributed by atoms with Crippen LogP contribution in [0.4, 0.5) is 29.7 Å². The molecule has 2 heterocycles. The lowest BCUT2D eigenvalue weighted by Gasteiger charge is -2.04. The number of nitrogens with two attached hydrogens (primary N) is 3. The van der Waals surface area contributed by atoms with Crippen molar-refractivity contribution in [2.45, 2.75) is 0 Å². The summed E-state index contributed by atoms with van der Waals surface area (Å²) in [7, 11) is 3.35. The Labute approximate surface area is 136 Å². The number of hydrazine groups is 3. The molecule has 2 aromatic heterocycles. The molecule has 0 aliphatic rings. The normalized spacial score (nSPS) is 9.30. The van der Waals surface area contributed by atoms with Crippen LogP contribution in [0.2, 0.25) is 5.28 Å². The first-order valence-corrected chi connectivity index (χ1v) is 6.37. The first-order chi connectivity index (χ1) is 11.1. The summed E-state index contributed by atoms with van der Waals surface area (Å²) in [6.45, 7) is 0. The molecule has 0 aliphatic heterocycles. The lowest BCUT2D eigenvalue weighted by molar-refractivity contribution is 1.02. The number of hydrogen-bond donors (Lipinski definition) is 8. The van der Waals surface area contributed by atoms with Crippen molar-refractivity contribution in [2.75, 3.05) is 41.0 Å². The van der Waals surface area contributed by atoms with Crippen LogP contribution in [0, 0.1) is 0 Å². The molecule has 0 aromatic carbocycles. The minimum atomic E-state index is 0.0947. The van der Waals surface area contributed by atoms with E-state index in [-0.39, 0.29) is 23.1 Å². The Balaban J connectivity index is 0.000000231. The fraction of sp³-hybridized carbons (Fsp3) is 0.250. The lowest BCUT2D eigenvalue weighted by atomic mass is 10.8. The topological polar surface area (TPSA) is 216 Å². The van der Waals surface area contributed by atoms with Gasteiger partial charge in [0, 0.05) is 14.1 Å². The lowest BCUT2D eigenvalue weighted by Crippen LogP contribution is -2.17. The summed E-state index contributed by atoms with van der Waals surface area (Å²) < 4.78 is 0. The summed E-state index contributed by atoms with van der Waals surface area (Å²) in [6, 6.07) is 0. The molecule has 0 atom stereocenters. The van der Waals surface area contributed by atoms with E-state index in [1.165, 1.54) is 0 Å². The van der Waals surface area contributed by atoms with Gasteiger partial charge in [0.1, 0.15) is 0 Å². The summed E-state index contributed by atoms with van der Waals surface area (Å²) in [4.78, 5) is 22.7. The van der Waals surface area contributed by atoms with Crippen LogP contribution in [0.1, 0.15) is 0 Å². The van der Waals surface area contributed by atoms with E-state index in [0.717, 1.165) is 0 Å². The molecule has 11 N–H and O–H groups in total. The van der Waals surface area contributed by atoms with E-state index in [2.05, 4.69) is 56.8 Å². The van der Waals surface area contributed by atoms with E-state index >= 15 is 0 Å². The van der Waals surface area contributed by atoms with Gasteiger partial charge in [-0.25, -0.2) is 17.5 Å². The number of nitrogens with one attached hydrogen (secondary N) is 5. The Bertz CT molecular complexity index is 542. The second-order valence-corrected chi connectivity index (χ2v) is 3.83. The molecule has 126 valence electrons. The van der Waals surface area contributed by atoms with Crippen molar-refractivity contribution >= 4 is 41.3 Å². The monoisotopic (exact) mass is 344 g/mol. The Morgan fingerprint density at radius 3 is 1.30 bits per heavy atom. The SMILES string of the molecule is CNc1nc(Cl)nc(NN)n1.CNc1nc(NN)nc(NN)n1. The second kappa shape index (κ2) is 9.26. The van der Waals surface area contributed by atoms with Crippen molar-refractivity contribution in [1.82, 2.24) is 29.9 Å². The number of nitrogen functional groups attached to an aromatic ring is 3. The van der Waals surface area contributed by atoms with Gasteiger partial charge in [0.05, 0.1) is 0 Å². The number of hydrogen-bond acceptors (Lipinski definition) is 14. The zero-order valence-electron chi connectivity index (χ0n) is 12.3. The standard InChI is InChI=1S/C4H7ClN6.C4H10N8/c1-7-3-8-2(5)9-4(10-3)11-6;1-7-2-8-3(11-5)10-4(9-2)12-6/h6H2,1H3,(H2,7,8,9,10,11);5-6H2,1H3,(H3,7,8,9,10,11,12). The number of rotatable bonds is 5. The largest absolute Gasteiger partial charge is 0.357 e. The summed E-state index contributed by atoms with van der Waals surface area (Å²) >= 11 is 5.51. The maximum Gasteiger partial charge on any atom is 0.243 e. The molecule has 0 saturated carbocycles. The maximum absolute atomic E-state index is 5.51. The van der Waals surface area contributed by atoms with Crippen molar-refractivity contribution in [3.63, 3.8) is 0 Å². The van der Waals surface area contributed by atoms with Crippen LogP contribution in [0.3, 0.4) is 0 Å². The van der Waals surface area contributed by atoms with Gasteiger partial charge in [-0.3, -0.25) is 16.3 Å². The molecule has 0 fully saturated rings. The highest BCUT2D eigenvalue weighted by molar-refractivity contribution is 6.28. The number of halogens is 1. The molecule has 0 spiro atoms. The summed E-state index contributed by atoms with van der Waals surface area (Å²) in [5, 5.41) is 5.52. The van der Waals surface area contributed by atoms with Gasteiger partial charge in [0.25, 0.3) is 0 Å². The number of aromatic nitrogens is 6. The molecule has 0 amide bonds. The van der Waals surface area contributed by atoms with Crippen molar-refractivity contribution < 1.29 is 0 Å². The predicted molar refractivity (Wildman–Crippen MR) is 87.2 cm³/mol. The minimum Gasteiger partial charge on any atom is -0.357 e. The molecule has 14 nitrogen and oxygen atoms in total. The Hall–Kier alpha value is -2.81. The molecule has 2 aromatic rings. The number of anilines is 5. The van der Waals surface area contributed by atoms with Gasteiger partial charge in [-0.1, -0.05) is 0 Å². The van der Waals surface area contributed by atoms with Gasteiger partial charge in [0.2, 0.25) is 35.0 Å². The van der Waals surface area contributed by atoms with E-state index in [0.29, 0.717) is 11.9 Å². The quantitative estimate of drug-likeness (QED) is 0.225. The van der Waals surface area contributed by atoms with Crippen LogP contribution < -0.4 is 44.4 Å². The molecular formula is C8H17ClN14. The summed E-state index contributed by atoms with van der Waals surface area (Å²) in [6.07, 6.45) is 0. The van der Waals surface area contributed by atoms with Gasteiger partial charge < -0.3 is 10.6 Å². The Morgan fingerprint density at radius 2 is 0.913 bits per heavy atom. The smallest absolute Gasteiger partial charge is 0.243 e. The first kappa shape index (κ1) is 18.2. The zero-order valence-corrected chi connectivity index (χ0v) is 13.0. The molecule has 2 rings (SSSR count). The van der Waals surface area contributed by atoms with Crippen LogP contribution in [0.25, 0.3) is 0 Å². The van der Waals surface area contributed by atoms with Gasteiger partial charge >= 0.3 is 0 Å². The van der Waals surface area contributed by atoms with Crippen LogP contribution in [-0.2, 0) is 0 Å². The van der Waals surface area contributed by atoms with E-state index in [1.54, 1.807) is 14.1 Å². The van der Waals surface area contributed by atoms with Gasteiger partial charge in [0.15, 0.2) is 0 Å². The molecular weight excluding hydrogens is 328 g/mol. The van der Waals surface area contributed by atoms with Crippen LogP contribution >= 0.6 is 11.6 Å². The second-order valence-electron chi connectivity index (χ2n) is 3.49. The fourth-order valence-electron chi connectivity index (χ4n) is 1.14. The molecule has 0 radical (unpaired) electrons. The highest BCUT2D eigenvalue weighted by Gasteiger charge is 2.01. The summed E-state index contributed by atoms with van der Waals surface area (Å²) in [5.74, 6) is 16.7. The van der Waals surface area contributed by atoms with Gasteiger partial charge in [-0.2, -0.15) is 29.9 Å². The van der Waals surface area contributed by atoms with E-state index in [1.807, 2.05) is 0 Å². The maximum atomic E-state index is 5.51. The summed E-state index contributed by atoms with van der Waals surface area (Å²) in [5.41, 5.74) is 6.81. The van der Waals surface area contributed by atoms with E-state index in [4.69, 9.17) is 29.1 Å². The third-order valence-corrected chi connectivity index (χ3v) is 2.25. The third-order valence-electron chi connectivity index (χ3n) is 2.08. The first-order valence-electron chi connectivity index (χ1n) is 5.99. The average molecular weight is 345 g/mol. The molecule has 0 aliphatic carbocycles. The highest BCUT2D eigenvalue weighted by Crippen LogP contribution is 2.07. The van der Waals surface area contributed by atoms with Crippen LogP contribution in [0.15, 0.2) is 0 Å². The Morgan fingerprint density at radius 1 is 0.609 bits per heavy atom. The average Bonchev–Trinajstić information content (AvgIpc) is 2.60. The zero-order chi connectivity index (χ0) is 17.2. The van der Waals surface area contributed by atoms with Gasteiger partial charge in [-0.05, 0) is 11.6 Å². The molecule has 23 heavy (non-hydrogen) atoms. The van der Waals surface area contributed by atoms with Crippen LogP contribution in [0.5, 0.6) is 0 Å². The van der Waals surface area contributed by atoms with Crippen molar-refractivity contribution in [2.24, 2.45) is 17.5 Å². The fourth-order valence-corrected chi connectivity index (χ4v) is 1.30. The molecule has 15 heteroatoms. The molecule has 0 bridgehead atoms. The van der Waals surface area contributed by atoms with E-state index in [9.17, 15) is 0 Å². The molecule has 0 unspecified atom stereocenters.